The van der Waals surface area contributed by atoms with E-state index >= 15 is 0 Å². The van der Waals surface area contributed by atoms with E-state index in [9.17, 15) is 0 Å². The van der Waals surface area contributed by atoms with Crippen LogP contribution in [0.1, 0.15) is 0 Å². The van der Waals surface area contributed by atoms with E-state index in [0.29, 0.717) is 6.61 Å². The molecule has 0 spiro atoms. The van der Waals surface area contributed by atoms with E-state index in [4.69, 9.17) is 9.84 Å². The van der Waals surface area contributed by atoms with Crippen molar-refractivity contribution < 1.29 is 9.84 Å². The first-order chi connectivity index (χ1) is 3.91. The van der Waals surface area contributed by atoms with Crippen LogP contribution in [-0.2, 0) is 4.74 Å². The molecule has 1 N–H and O–H groups in total. The van der Waals surface area contributed by atoms with E-state index in [-0.39, 0.29) is 6.61 Å². The summed E-state index contributed by atoms with van der Waals surface area (Å²) in [6.45, 7) is 1.36. The molecule has 0 heterocycles. The van der Waals surface area contributed by atoms with Crippen molar-refractivity contribution in [1.29, 1.82) is 0 Å². The third kappa shape index (κ3) is 6.27. The second kappa shape index (κ2) is 7.27. The molecule has 3 heteroatoms. The predicted molar refractivity (Wildman–Crippen MR) is 36.3 cm³/mol. The molecule has 0 bridgehead atoms. The molecule has 8 heavy (non-hydrogen) atoms. The number of ether oxygens (including phenoxy) is 1. The van der Waals surface area contributed by atoms with Crippen LogP contribution in [0.4, 0.5) is 0 Å². The highest BCUT2D eigenvalue weighted by Gasteiger charge is 1.82. The van der Waals surface area contributed by atoms with Crippen molar-refractivity contribution >= 4 is 11.8 Å². The zero-order chi connectivity index (χ0) is 6.24. The second-order valence-electron chi connectivity index (χ2n) is 1.33. The van der Waals surface area contributed by atoms with E-state index in [1.54, 1.807) is 11.8 Å². The summed E-state index contributed by atoms with van der Waals surface area (Å²) in [5, 5.41) is 8.23. The first-order valence-corrected chi connectivity index (χ1v) is 3.98. The fourth-order valence-electron chi connectivity index (χ4n) is 0.309. The molecule has 0 saturated carbocycles. The number of rotatable bonds is 5. The van der Waals surface area contributed by atoms with Gasteiger partial charge in [0, 0.05) is 5.75 Å². The summed E-state index contributed by atoms with van der Waals surface area (Å²) in [6.07, 6.45) is 2.03. The molecule has 0 aliphatic carbocycles. The number of aliphatic hydroxyl groups excluding tert-OH is 1. The van der Waals surface area contributed by atoms with E-state index in [1.165, 1.54) is 0 Å². The van der Waals surface area contributed by atoms with Crippen LogP contribution >= 0.6 is 11.8 Å². The average molecular weight is 136 g/mol. The van der Waals surface area contributed by atoms with Gasteiger partial charge in [-0.05, 0) is 6.26 Å². The van der Waals surface area contributed by atoms with Gasteiger partial charge in [-0.25, -0.2) is 0 Å². The van der Waals surface area contributed by atoms with Crippen LogP contribution in [0, 0.1) is 0 Å². The van der Waals surface area contributed by atoms with Gasteiger partial charge in [0.2, 0.25) is 0 Å². The standard InChI is InChI=1S/C5H12O2S/c1-8-5-4-7-3-2-6/h6H,2-5H2,1H3. The van der Waals surface area contributed by atoms with Crippen molar-refractivity contribution in [3.05, 3.63) is 0 Å². The largest absolute Gasteiger partial charge is 0.394 e. The van der Waals surface area contributed by atoms with Gasteiger partial charge in [0.15, 0.2) is 0 Å². The highest BCUT2D eigenvalue weighted by atomic mass is 32.2. The van der Waals surface area contributed by atoms with Gasteiger partial charge in [0.25, 0.3) is 0 Å². The normalized spacial score (nSPS) is 9.75. The highest BCUT2D eigenvalue weighted by Crippen LogP contribution is 1.89. The molecule has 0 atom stereocenters. The van der Waals surface area contributed by atoms with E-state index in [1.807, 2.05) is 6.26 Å². The zero-order valence-corrected chi connectivity index (χ0v) is 5.91. The molecule has 0 unspecified atom stereocenters. The monoisotopic (exact) mass is 136 g/mol. The summed E-state index contributed by atoms with van der Waals surface area (Å²) in [5.74, 6) is 1.01. The molecule has 0 aliphatic heterocycles. The summed E-state index contributed by atoms with van der Waals surface area (Å²) < 4.78 is 4.95. The lowest BCUT2D eigenvalue weighted by atomic mass is 10.7. The third-order valence-corrected chi connectivity index (χ3v) is 1.24. The Bertz CT molecular complexity index is 35.4. The van der Waals surface area contributed by atoms with Crippen molar-refractivity contribution in [2.45, 2.75) is 0 Å². The van der Waals surface area contributed by atoms with Crippen LogP contribution in [0.5, 0.6) is 0 Å². The van der Waals surface area contributed by atoms with Gasteiger partial charge in [-0.2, -0.15) is 11.8 Å². The molecule has 0 aromatic rings. The Morgan fingerprint density at radius 3 is 2.75 bits per heavy atom. The SMILES string of the molecule is CSCCOCCO. The maximum absolute atomic E-state index is 8.23. The van der Waals surface area contributed by atoms with E-state index in [0.717, 1.165) is 12.4 Å². The molecule has 0 fully saturated rings. The van der Waals surface area contributed by atoms with Crippen molar-refractivity contribution in [1.82, 2.24) is 0 Å². The number of aliphatic hydroxyl groups is 1. The third-order valence-electron chi connectivity index (χ3n) is 0.667. The minimum Gasteiger partial charge on any atom is -0.394 e. The first-order valence-electron chi connectivity index (χ1n) is 2.59. The lowest BCUT2D eigenvalue weighted by Crippen LogP contribution is -2.01. The van der Waals surface area contributed by atoms with Crippen molar-refractivity contribution in [2.75, 3.05) is 31.8 Å². The van der Waals surface area contributed by atoms with Crippen molar-refractivity contribution in [2.24, 2.45) is 0 Å². The van der Waals surface area contributed by atoms with Gasteiger partial charge >= 0.3 is 0 Å². The van der Waals surface area contributed by atoms with Crippen molar-refractivity contribution in [3.8, 4) is 0 Å². The molecule has 0 rings (SSSR count). The van der Waals surface area contributed by atoms with Gasteiger partial charge in [0.05, 0.1) is 19.8 Å². The molecular weight excluding hydrogens is 124 g/mol. The predicted octanol–water partition coefficient (Wildman–Crippen LogP) is 0.358. The minimum absolute atomic E-state index is 0.133. The topological polar surface area (TPSA) is 29.5 Å². The van der Waals surface area contributed by atoms with E-state index in [2.05, 4.69) is 0 Å². The Morgan fingerprint density at radius 2 is 2.25 bits per heavy atom. The highest BCUT2D eigenvalue weighted by molar-refractivity contribution is 7.98. The Kier molecular flexibility index (Phi) is 7.52. The lowest BCUT2D eigenvalue weighted by molar-refractivity contribution is 0.103. The molecule has 0 saturated heterocycles. The molecular formula is C5H12O2S. The van der Waals surface area contributed by atoms with Gasteiger partial charge < -0.3 is 9.84 Å². The van der Waals surface area contributed by atoms with Crippen LogP contribution in [0.15, 0.2) is 0 Å². The quantitative estimate of drug-likeness (QED) is 0.553. The fourth-order valence-corrected chi connectivity index (χ4v) is 0.593. The second-order valence-corrected chi connectivity index (χ2v) is 2.31. The van der Waals surface area contributed by atoms with Gasteiger partial charge in [-0.3, -0.25) is 0 Å². The first kappa shape index (κ1) is 8.27. The molecule has 2 nitrogen and oxygen atoms in total. The van der Waals surface area contributed by atoms with Crippen LogP contribution in [0.3, 0.4) is 0 Å². The lowest BCUT2D eigenvalue weighted by Gasteiger charge is -1.97. The maximum Gasteiger partial charge on any atom is 0.0698 e. The molecule has 0 radical (unpaired) electrons. The van der Waals surface area contributed by atoms with Crippen molar-refractivity contribution in [3.63, 3.8) is 0 Å². The molecule has 0 aromatic carbocycles. The number of thioether (sulfide) groups is 1. The number of hydrogen-bond acceptors (Lipinski definition) is 3. The summed E-state index contributed by atoms with van der Waals surface area (Å²) in [4.78, 5) is 0. The average Bonchev–Trinajstić information content (AvgIpc) is 1.81. The van der Waals surface area contributed by atoms with Gasteiger partial charge in [-0.1, -0.05) is 0 Å². The van der Waals surface area contributed by atoms with Crippen LogP contribution in [0.25, 0.3) is 0 Å². The Morgan fingerprint density at radius 1 is 1.50 bits per heavy atom. The maximum atomic E-state index is 8.23. The minimum atomic E-state index is 0.133. The summed E-state index contributed by atoms with van der Waals surface area (Å²) in [7, 11) is 0. The van der Waals surface area contributed by atoms with Gasteiger partial charge in [-0.15, -0.1) is 0 Å². The molecule has 0 aliphatic rings. The van der Waals surface area contributed by atoms with Crippen LogP contribution in [0.2, 0.25) is 0 Å². The number of hydrogen-bond donors (Lipinski definition) is 1. The smallest absolute Gasteiger partial charge is 0.0698 e. The molecule has 50 valence electrons. The molecule has 0 amide bonds. The Hall–Kier alpha value is 0.270. The summed E-state index contributed by atoms with van der Waals surface area (Å²) in [5.41, 5.74) is 0. The Labute approximate surface area is 54.2 Å². The molecule has 0 aromatic heterocycles. The van der Waals surface area contributed by atoms with Gasteiger partial charge in [0.1, 0.15) is 0 Å². The fraction of sp³-hybridized carbons (Fsp3) is 1.00. The van der Waals surface area contributed by atoms with E-state index < -0.39 is 0 Å². The van der Waals surface area contributed by atoms with Crippen LogP contribution < -0.4 is 0 Å². The summed E-state index contributed by atoms with van der Waals surface area (Å²) >= 11 is 1.75. The van der Waals surface area contributed by atoms with Crippen LogP contribution in [-0.4, -0.2) is 36.9 Å². The zero-order valence-electron chi connectivity index (χ0n) is 5.09. The summed E-state index contributed by atoms with van der Waals surface area (Å²) in [6, 6.07) is 0. The Balaban J connectivity index is 2.53.